The normalized spacial score (nSPS) is 11.4. The Morgan fingerprint density at radius 1 is 0.414 bits per heavy atom. The highest BCUT2D eigenvalue weighted by Gasteiger charge is 2.41. The summed E-state index contributed by atoms with van der Waals surface area (Å²) in [6.45, 7) is 4.32. The van der Waals surface area contributed by atoms with E-state index in [4.69, 9.17) is 0 Å². The first kappa shape index (κ1) is 20.8. The summed E-state index contributed by atoms with van der Waals surface area (Å²) in [7, 11) is -2.40. The van der Waals surface area contributed by atoms with Crippen molar-refractivity contribution in [1.82, 2.24) is 0 Å². The molecule has 0 atom stereocenters. The highest BCUT2D eigenvalue weighted by molar-refractivity contribution is 14.1. The molecule has 0 aliphatic carbocycles. The van der Waals surface area contributed by atoms with Crippen LogP contribution < -0.4 is 20.7 Å². The molecule has 0 unspecified atom stereocenters. The third-order valence-electron chi connectivity index (χ3n) is 5.52. The van der Waals surface area contributed by atoms with Crippen LogP contribution in [-0.2, 0) is 0 Å². The van der Waals surface area contributed by atoms with Gasteiger partial charge in [-0.25, -0.2) is 0 Å². The molecule has 0 bridgehead atoms. The molecule has 4 rings (SSSR count). The van der Waals surface area contributed by atoms with Gasteiger partial charge in [-0.05, 0) is 104 Å². The van der Waals surface area contributed by atoms with Crippen LogP contribution in [-0.4, -0.2) is 8.07 Å². The molecule has 0 aromatic heterocycles. The second-order valence-corrected chi connectivity index (χ2v) is 13.8. The van der Waals surface area contributed by atoms with Crippen molar-refractivity contribution in [3.8, 4) is 0 Å². The van der Waals surface area contributed by atoms with E-state index in [1.165, 1.54) is 39.0 Å². The predicted molar refractivity (Wildman–Crippen MR) is 145 cm³/mol. The minimum absolute atomic E-state index is 1.27. The molecule has 0 amide bonds. The molecule has 29 heavy (non-hydrogen) atoms. The summed E-state index contributed by atoms with van der Waals surface area (Å²) in [5.41, 5.74) is 2.59. The molecule has 3 heteroatoms. The van der Waals surface area contributed by atoms with E-state index < -0.39 is 8.07 Å². The van der Waals surface area contributed by atoms with Crippen LogP contribution in [0.2, 0.25) is 0 Å². The van der Waals surface area contributed by atoms with Crippen molar-refractivity contribution in [2.24, 2.45) is 0 Å². The largest absolute Gasteiger partial charge is 0.179 e. The first-order valence-corrected chi connectivity index (χ1v) is 13.8. The van der Waals surface area contributed by atoms with Crippen molar-refractivity contribution in [2.75, 3.05) is 0 Å². The van der Waals surface area contributed by atoms with Gasteiger partial charge in [0.2, 0.25) is 0 Å². The summed E-state index contributed by atoms with van der Waals surface area (Å²) in [5.74, 6) is 0. The number of hydrogen-bond donors (Lipinski definition) is 0. The number of hydrogen-bond acceptors (Lipinski definition) is 0. The van der Waals surface area contributed by atoms with E-state index in [-0.39, 0.29) is 0 Å². The molecule has 0 radical (unpaired) electrons. The first-order chi connectivity index (χ1) is 14.0. The number of aryl methyl sites for hydroxylation is 2. The average molecular weight is 616 g/mol. The highest BCUT2D eigenvalue weighted by Crippen LogP contribution is 2.13. The second-order valence-electron chi connectivity index (χ2n) is 7.50. The van der Waals surface area contributed by atoms with Crippen molar-refractivity contribution in [1.29, 1.82) is 0 Å². The maximum absolute atomic E-state index is 2.40. The van der Waals surface area contributed by atoms with Crippen LogP contribution in [0.4, 0.5) is 0 Å². The van der Waals surface area contributed by atoms with E-state index in [0.29, 0.717) is 0 Å². The monoisotopic (exact) mass is 616 g/mol. The van der Waals surface area contributed by atoms with Gasteiger partial charge in [0.15, 0.2) is 8.07 Å². The van der Waals surface area contributed by atoms with Crippen LogP contribution >= 0.6 is 45.2 Å². The van der Waals surface area contributed by atoms with E-state index in [0.717, 1.165) is 0 Å². The molecule has 0 N–H and O–H groups in total. The molecule has 0 spiro atoms. The Kier molecular flexibility index (Phi) is 6.27. The van der Waals surface area contributed by atoms with Crippen LogP contribution in [0.3, 0.4) is 0 Å². The summed E-state index contributed by atoms with van der Waals surface area (Å²) in [5, 5.41) is 5.70. The fourth-order valence-corrected chi connectivity index (χ4v) is 9.39. The van der Waals surface area contributed by atoms with Crippen molar-refractivity contribution < 1.29 is 0 Å². The fourth-order valence-electron chi connectivity index (χ4n) is 4.01. The molecule has 4 aromatic carbocycles. The molecule has 0 aliphatic heterocycles. The SMILES string of the molecule is Cc1ccc([Si](c2ccc(C)cc2)(c2ccc(I)cc2)c2ccc(I)cc2)cc1. The summed E-state index contributed by atoms with van der Waals surface area (Å²) >= 11 is 4.79. The number of rotatable bonds is 4. The molecular formula is C26H22I2Si. The van der Waals surface area contributed by atoms with Gasteiger partial charge in [0.25, 0.3) is 0 Å². The Labute approximate surface area is 201 Å². The lowest BCUT2D eigenvalue weighted by molar-refractivity contribution is 1.48. The summed E-state index contributed by atoms with van der Waals surface area (Å²) in [6, 6.07) is 36.7. The average Bonchev–Trinajstić information content (AvgIpc) is 2.73. The fraction of sp³-hybridized carbons (Fsp3) is 0.0769. The van der Waals surface area contributed by atoms with Crippen molar-refractivity contribution in [3.05, 3.63) is 115 Å². The van der Waals surface area contributed by atoms with E-state index >= 15 is 0 Å². The summed E-state index contributed by atoms with van der Waals surface area (Å²) in [6.07, 6.45) is 0. The number of benzene rings is 4. The second kappa shape index (κ2) is 8.74. The zero-order valence-electron chi connectivity index (χ0n) is 16.5. The Morgan fingerprint density at radius 3 is 0.931 bits per heavy atom. The lowest BCUT2D eigenvalue weighted by atomic mass is 10.2. The summed E-state index contributed by atoms with van der Waals surface area (Å²) in [4.78, 5) is 0. The lowest BCUT2D eigenvalue weighted by Crippen LogP contribution is -2.74. The third-order valence-corrected chi connectivity index (χ3v) is 11.8. The summed E-state index contributed by atoms with van der Waals surface area (Å²) < 4.78 is 2.54. The molecule has 0 saturated carbocycles. The van der Waals surface area contributed by atoms with Gasteiger partial charge in [-0.15, -0.1) is 0 Å². The quantitative estimate of drug-likeness (QED) is 0.174. The molecule has 0 aliphatic rings. The zero-order valence-corrected chi connectivity index (χ0v) is 21.8. The van der Waals surface area contributed by atoms with Gasteiger partial charge in [0.05, 0.1) is 0 Å². The molecule has 144 valence electrons. The number of halogens is 2. The predicted octanol–water partition coefficient (Wildman–Crippen LogP) is 4.89. The Hall–Kier alpha value is -1.44. The molecular weight excluding hydrogens is 594 g/mol. The Morgan fingerprint density at radius 2 is 0.655 bits per heavy atom. The van der Waals surface area contributed by atoms with E-state index in [2.05, 4.69) is 156 Å². The first-order valence-electron chi connectivity index (χ1n) is 9.66. The highest BCUT2D eigenvalue weighted by atomic mass is 127. The standard InChI is InChI=1S/C26H22I2Si/c1-19-3-11-23(12-4-19)29(24-13-5-20(2)6-14-24,25-15-7-21(27)8-16-25)26-17-9-22(28)10-18-26/h3-18H,1-2H3. The van der Waals surface area contributed by atoms with Gasteiger partial charge in [-0.2, -0.15) is 0 Å². The smallest absolute Gasteiger partial charge is 0.0616 e. The van der Waals surface area contributed by atoms with Crippen LogP contribution in [0.25, 0.3) is 0 Å². The Balaban J connectivity index is 2.11. The lowest BCUT2D eigenvalue weighted by Gasteiger charge is -2.34. The van der Waals surface area contributed by atoms with Crippen LogP contribution in [0.15, 0.2) is 97.1 Å². The van der Waals surface area contributed by atoms with Crippen LogP contribution in [0, 0.1) is 21.0 Å². The van der Waals surface area contributed by atoms with Gasteiger partial charge >= 0.3 is 0 Å². The molecule has 4 aromatic rings. The maximum atomic E-state index is 2.40. The third kappa shape index (κ3) is 4.09. The maximum Gasteiger partial charge on any atom is 0.179 e. The van der Waals surface area contributed by atoms with Crippen molar-refractivity contribution in [2.45, 2.75) is 13.8 Å². The van der Waals surface area contributed by atoms with E-state index in [9.17, 15) is 0 Å². The minimum atomic E-state index is -2.40. The molecule has 0 fully saturated rings. The van der Waals surface area contributed by atoms with Crippen LogP contribution in [0.5, 0.6) is 0 Å². The zero-order chi connectivity index (χ0) is 20.4. The van der Waals surface area contributed by atoms with Crippen molar-refractivity contribution >= 4 is 74.0 Å². The molecule has 0 saturated heterocycles. The topological polar surface area (TPSA) is 0 Å². The van der Waals surface area contributed by atoms with Gasteiger partial charge in [0.1, 0.15) is 0 Å². The van der Waals surface area contributed by atoms with Gasteiger partial charge in [-0.1, -0.05) is 83.9 Å². The van der Waals surface area contributed by atoms with E-state index in [1.807, 2.05) is 0 Å². The van der Waals surface area contributed by atoms with Gasteiger partial charge in [-0.3, -0.25) is 0 Å². The Bertz CT molecular complexity index is 910. The van der Waals surface area contributed by atoms with Crippen molar-refractivity contribution in [3.63, 3.8) is 0 Å². The molecule has 0 nitrogen and oxygen atoms in total. The van der Waals surface area contributed by atoms with Gasteiger partial charge < -0.3 is 0 Å². The van der Waals surface area contributed by atoms with Crippen LogP contribution in [0.1, 0.15) is 11.1 Å². The van der Waals surface area contributed by atoms with Gasteiger partial charge in [0, 0.05) is 7.14 Å². The minimum Gasteiger partial charge on any atom is -0.0616 e. The molecule has 0 heterocycles. The van der Waals surface area contributed by atoms with E-state index in [1.54, 1.807) is 0 Å².